The van der Waals surface area contributed by atoms with E-state index >= 15 is 0 Å². The Bertz CT molecular complexity index is 236. The van der Waals surface area contributed by atoms with Gasteiger partial charge in [-0.05, 0) is 6.07 Å². The first kappa shape index (κ1) is 7.41. The van der Waals surface area contributed by atoms with Gasteiger partial charge < -0.3 is 0 Å². The van der Waals surface area contributed by atoms with Gasteiger partial charge in [0.15, 0.2) is 11.6 Å². The van der Waals surface area contributed by atoms with Crippen molar-refractivity contribution >= 4 is 11.6 Å². The third kappa shape index (κ3) is 1.24. The highest BCUT2D eigenvalue weighted by atomic mass is 35.5. The predicted molar refractivity (Wildman–Crippen MR) is 31.3 cm³/mol. The molecule has 0 saturated carbocycles. The lowest BCUT2D eigenvalue weighted by Gasteiger charge is -1.94. The van der Waals surface area contributed by atoms with Crippen LogP contribution in [0.25, 0.3) is 0 Å². The van der Waals surface area contributed by atoms with Gasteiger partial charge in [-0.2, -0.15) is 0 Å². The minimum atomic E-state index is -1.27. The quantitative estimate of drug-likeness (QED) is 0.411. The van der Waals surface area contributed by atoms with E-state index in [1.807, 2.05) is 0 Å². The first-order valence-corrected chi connectivity index (χ1v) is 2.79. The Morgan fingerprint density at radius 1 is 1.10 bits per heavy atom. The summed E-state index contributed by atoms with van der Waals surface area (Å²) in [5.74, 6) is -3.38. The maximum Gasteiger partial charge on any atom is 0.177 e. The van der Waals surface area contributed by atoms with Crippen LogP contribution in [0.4, 0.5) is 13.2 Å². The highest BCUT2D eigenvalue weighted by Crippen LogP contribution is 2.18. The SMILES string of the molecule is Fc1cc(F)c(F)c(Cl)c1. The second kappa shape index (κ2) is 2.50. The van der Waals surface area contributed by atoms with Crippen molar-refractivity contribution in [2.75, 3.05) is 0 Å². The molecule has 0 spiro atoms. The minimum absolute atomic E-state index is 0.432. The van der Waals surface area contributed by atoms with E-state index < -0.39 is 22.5 Å². The molecule has 0 atom stereocenters. The summed E-state index contributed by atoms with van der Waals surface area (Å²) in [7, 11) is 0. The van der Waals surface area contributed by atoms with E-state index in [1.54, 1.807) is 0 Å². The first-order valence-electron chi connectivity index (χ1n) is 2.41. The number of hydrogen-bond acceptors (Lipinski definition) is 0. The Morgan fingerprint density at radius 2 is 1.70 bits per heavy atom. The molecule has 0 fully saturated rings. The van der Waals surface area contributed by atoms with Gasteiger partial charge in [-0.25, -0.2) is 13.2 Å². The molecule has 0 heterocycles. The van der Waals surface area contributed by atoms with Crippen molar-refractivity contribution < 1.29 is 13.2 Å². The van der Waals surface area contributed by atoms with E-state index in [9.17, 15) is 13.2 Å². The Balaban J connectivity index is 3.31. The predicted octanol–water partition coefficient (Wildman–Crippen LogP) is 2.76. The van der Waals surface area contributed by atoms with Gasteiger partial charge in [0.05, 0.1) is 5.02 Å². The van der Waals surface area contributed by atoms with Crippen molar-refractivity contribution in [1.29, 1.82) is 0 Å². The van der Waals surface area contributed by atoms with Gasteiger partial charge in [0.2, 0.25) is 0 Å². The normalized spacial score (nSPS) is 10.0. The fraction of sp³-hybridized carbons (Fsp3) is 0. The number of halogens is 4. The molecule has 54 valence electrons. The van der Waals surface area contributed by atoms with Crippen LogP contribution in [0.1, 0.15) is 0 Å². The fourth-order valence-electron chi connectivity index (χ4n) is 0.525. The smallest absolute Gasteiger partial charge is 0.177 e. The maximum absolute atomic E-state index is 12.2. The molecule has 1 aromatic rings. The average molecular weight is 167 g/mol. The van der Waals surface area contributed by atoms with Gasteiger partial charge in [0, 0.05) is 6.07 Å². The Morgan fingerprint density at radius 3 is 2.20 bits per heavy atom. The molecule has 10 heavy (non-hydrogen) atoms. The molecule has 0 bridgehead atoms. The summed E-state index contributed by atoms with van der Waals surface area (Å²) in [6.45, 7) is 0. The summed E-state index contributed by atoms with van der Waals surface area (Å²) in [4.78, 5) is 0. The molecular formula is C6H2ClF3. The molecule has 0 saturated heterocycles. The van der Waals surface area contributed by atoms with E-state index in [1.165, 1.54) is 0 Å². The van der Waals surface area contributed by atoms with Crippen LogP contribution in [0.2, 0.25) is 5.02 Å². The van der Waals surface area contributed by atoms with E-state index in [4.69, 9.17) is 11.6 Å². The standard InChI is InChI=1S/C6H2ClF3/c7-4-1-3(8)2-5(9)6(4)10/h1-2H. The number of hydrogen-bond donors (Lipinski definition) is 0. The second-order valence-electron chi connectivity index (χ2n) is 1.68. The molecule has 0 aliphatic heterocycles. The topological polar surface area (TPSA) is 0 Å². The van der Waals surface area contributed by atoms with Crippen molar-refractivity contribution in [3.05, 3.63) is 34.6 Å². The van der Waals surface area contributed by atoms with Crippen molar-refractivity contribution in [3.8, 4) is 0 Å². The fourth-order valence-corrected chi connectivity index (χ4v) is 0.719. The molecule has 1 rings (SSSR count). The summed E-state index contributed by atoms with van der Waals surface area (Å²) >= 11 is 5.06. The zero-order valence-electron chi connectivity index (χ0n) is 4.67. The van der Waals surface area contributed by atoms with Crippen LogP contribution < -0.4 is 0 Å². The van der Waals surface area contributed by atoms with Crippen LogP contribution in [0.5, 0.6) is 0 Å². The summed E-state index contributed by atoms with van der Waals surface area (Å²) in [5, 5.41) is -0.544. The van der Waals surface area contributed by atoms with Crippen molar-refractivity contribution in [2.45, 2.75) is 0 Å². The lowest BCUT2D eigenvalue weighted by Crippen LogP contribution is -1.86. The largest absolute Gasteiger partial charge is 0.207 e. The van der Waals surface area contributed by atoms with Gasteiger partial charge in [0.25, 0.3) is 0 Å². The van der Waals surface area contributed by atoms with E-state index in [-0.39, 0.29) is 0 Å². The first-order chi connectivity index (χ1) is 4.61. The van der Waals surface area contributed by atoms with Gasteiger partial charge in [-0.1, -0.05) is 11.6 Å². The average Bonchev–Trinajstić information content (AvgIpc) is 1.82. The van der Waals surface area contributed by atoms with E-state index in [0.717, 1.165) is 0 Å². The molecule has 0 radical (unpaired) electrons. The van der Waals surface area contributed by atoms with E-state index in [2.05, 4.69) is 0 Å². The van der Waals surface area contributed by atoms with Gasteiger partial charge >= 0.3 is 0 Å². The molecule has 1 aromatic carbocycles. The van der Waals surface area contributed by atoms with Crippen LogP contribution in [0, 0.1) is 17.5 Å². The molecule has 4 heteroatoms. The van der Waals surface area contributed by atoms with Gasteiger partial charge in [-0.15, -0.1) is 0 Å². The van der Waals surface area contributed by atoms with Crippen molar-refractivity contribution in [2.24, 2.45) is 0 Å². The Kier molecular flexibility index (Phi) is 1.85. The van der Waals surface area contributed by atoms with Gasteiger partial charge in [-0.3, -0.25) is 0 Å². The van der Waals surface area contributed by atoms with E-state index in [0.29, 0.717) is 12.1 Å². The van der Waals surface area contributed by atoms with Crippen LogP contribution in [0.3, 0.4) is 0 Å². The summed E-state index contributed by atoms with van der Waals surface area (Å²) < 4.78 is 36.5. The highest BCUT2D eigenvalue weighted by molar-refractivity contribution is 6.30. The van der Waals surface area contributed by atoms with Crippen LogP contribution >= 0.6 is 11.6 Å². The van der Waals surface area contributed by atoms with Gasteiger partial charge in [0.1, 0.15) is 5.82 Å². The minimum Gasteiger partial charge on any atom is -0.207 e. The molecule has 0 aliphatic carbocycles. The molecule has 0 unspecified atom stereocenters. The molecule has 0 aliphatic rings. The molecular weight excluding hydrogens is 165 g/mol. The molecule has 0 N–H and O–H groups in total. The Labute approximate surface area is 60.2 Å². The lowest BCUT2D eigenvalue weighted by atomic mass is 10.3. The molecule has 0 amide bonds. The maximum atomic E-state index is 12.2. The zero-order valence-corrected chi connectivity index (χ0v) is 5.42. The zero-order chi connectivity index (χ0) is 7.72. The number of rotatable bonds is 0. The van der Waals surface area contributed by atoms with Crippen molar-refractivity contribution in [3.63, 3.8) is 0 Å². The van der Waals surface area contributed by atoms with Crippen LogP contribution in [-0.4, -0.2) is 0 Å². The Hall–Kier alpha value is -0.700. The molecule has 0 nitrogen and oxygen atoms in total. The number of benzene rings is 1. The van der Waals surface area contributed by atoms with Crippen molar-refractivity contribution in [1.82, 2.24) is 0 Å². The molecule has 0 aromatic heterocycles. The monoisotopic (exact) mass is 166 g/mol. The lowest BCUT2D eigenvalue weighted by molar-refractivity contribution is 0.495. The summed E-state index contributed by atoms with van der Waals surface area (Å²) in [6, 6.07) is 1.14. The highest BCUT2D eigenvalue weighted by Gasteiger charge is 2.07. The third-order valence-electron chi connectivity index (χ3n) is 0.949. The summed E-state index contributed by atoms with van der Waals surface area (Å²) in [5.41, 5.74) is 0. The summed E-state index contributed by atoms with van der Waals surface area (Å²) in [6.07, 6.45) is 0. The van der Waals surface area contributed by atoms with Crippen LogP contribution in [-0.2, 0) is 0 Å². The van der Waals surface area contributed by atoms with Crippen LogP contribution in [0.15, 0.2) is 12.1 Å². The third-order valence-corrected chi connectivity index (χ3v) is 1.22. The second-order valence-corrected chi connectivity index (χ2v) is 2.09.